The van der Waals surface area contributed by atoms with E-state index in [2.05, 4.69) is 15.5 Å². The zero-order valence-corrected chi connectivity index (χ0v) is 15.3. The number of ether oxygens (including phenoxy) is 1. The van der Waals surface area contributed by atoms with Crippen molar-refractivity contribution in [1.29, 1.82) is 0 Å². The van der Waals surface area contributed by atoms with Crippen LogP contribution in [0.25, 0.3) is 0 Å². The second-order valence-electron chi connectivity index (χ2n) is 5.63. The van der Waals surface area contributed by atoms with Gasteiger partial charge in [0.1, 0.15) is 18.6 Å². The summed E-state index contributed by atoms with van der Waals surface area (Å²) in [7, 11) is 1.24. The number of amides is 1. The molecule has 3 aromatic rings. The van der Waals surface area contributed by atoms with Crippen molar-refractivity contribution in [2.45, 2.75) is 13.1 Å². The van der Waals surface area contributed by atoms with Gasteiger partial charge in [-0.3, -0.25) is 24.3 Å². The molecule has 1 N–H and O–H groups in total. The fraction of sp³-hybridized carbons (Fsp3) is 0.188. The van der Waals surface area contributed by atoms with Crippen molar-refractivity contribution >= 4 is 29.0 Å². The molecule has 0 saturated carbocycles. The van der Waals surface area contributed by atoms with Crippen LogP contribution in [0, 0.1) is 15.9 Å². The van der Waals surface area contributed by atoms with Crippen molar-refractivity contribution in [2.24, 2.45) is 0 Å². The summed E-state index contributed by atoms with van der Waals surface area (Å²) in [6.45, 7) is -0.194. The van der Waals surface area contributed by atoms with E-state index >= 15 is 0 Å². The van der Waals surface area contributed by atoms with Gasteiger partial charge in [0, 0.05) is 22.8 Å². The second kappa shape index (κ2) is 8.05. The van der Waals surface area contributed by atoms with Crippen LogP contribution in [0.1, 0.15) is 5.56 Å². The number of hydrogen-bond acceptors (Lipinski definition) is 6. The molecular formula is C16H14ClFN6O4. The Hall–Kier alpha value is -3.47. The maximum Gasteiger partial charge on any atom is 0.350 e. The average Bonchev–Trinajstić information content (AvgIpc) is 3.25. The number of methoxy groups -OCH3 is 1. The van der Waals surface area contributed by atoms with E-state index < -0.39 is 16.6 Å². The predicted molar refractivity (Wildman–Crippen MR) is 96.8 cm³/mol. The summed E-state index contributed by atoms with van der Waals surface area (Å²) in [5.41, 5.74) is -0.0672. The van der Waals surface area contributed by atoms with Crippen LogP contribution in [0.4, 0.5) is 15.9 Å². The highest BCUT2D eigenvalue weighted by atomic mass is 35.5. The fourth-order valence-electron chi connectivity index (χ4n) is 2.44. The molecule has 28 heavy (non-hydrogen) atoms. The lowest BCUT2D eigenvalue weighted by atomic mass is 10.2. The van der Waals surface area contributed by atoms with Crippen LogP contribution in [-0.2, 0) is 17.9 Å². The van der Waals surface area contributed by atoms with E-state index in [0.29, 0.717) is 0 Å². The topological polar surface area (TPSA) is 117 Å². The van der Waals surface area contributed by atoms with E-state index in [9.17, 15) is 19.3 Å². The van der Waals surface area contributed by atoms with Gasteiger partial charge < -0.3 is 10.1 Å². The smallest absolute Gasteiger partial charge is 0.350 e. The number of carbonyl (C=O) groups excluding carboxylic acids is 1. The molecular weight excluding hydrogens is 395 g/mol. The zero-order valence-electron chi connectivity index (χ0n) is 14.5. The molecule has 10 nitrogen and oxygen atoms in total. The van der Waals surface area contributed by atoms with Gasteiger partial charge in [0.05, 0.1) is 18.6 Å². The molecule has 0 atom stereocenters. The Balaban J connectivity index is 1.65. The number of carbonyl (C=O) groups is 1. The van der Waals surface area contributed by atoms with E-state index in [4.69, 9.17) is 16.3 Å². The van der Waals surface area contributed by atoms with Crippen molar-refractivity contribution in [1.82, 2.24) is 19.6 Å². The van der Waals surface area contributed by atoms with Gasteiger partial charge in [0.25, 0.3) is 0 Å². The summed E-state index contributed by atoms with van der Waals surface area (Å²) in [6, 6.07) is 5.90. The van der Waals surface area contributed by atoms with Crippen molar-refractivity contribution < 1.29 is 18.8 Å². The molecule has 3 rings (SSSR count). The molecule has 1 aromatic carbocycles. The number of anilines is 1. The highest BCUT2D eigenvalue weighted by Gasteiger charge is 2.21. The summed E-state index contributed by atoms with van der Waals surface area (Å²) in [4.78, 5) is 22.4. The normalized spacial score (nSPS) is 10.7. The Morgan fingerprint density at radius 2 is 2.14 bits per heavy atom. The first-order valence-electron chi connectivity index (χ1n) is 7.89. The number of aromatic nitrogens is 4. The van der Waals surface area contributed by atoms with E-state index in [1.54, 1.807) is 12.3 Å². The Morgan fingerprint density at radius 1 is 1.36 bits per heavy atom. The van der Waals surface area contributed by atoms with Gasteiger partial charge in [0.2, 0.25) is 5.91 Å². The summed E-state index contributed by atoms with van der Waals surface area (Å²) in [5.74, 6) is -0.924. The van der Waals surface area contributed by atoms with Gasteiger partial charge in [-0.2, -0.15) is 5.10 Å². The summed E-state index contributed by atoms with van der Waals surface area (Å²) in [6.07, 6.45) is 2.65. The molecule has 0 aliphatic rings. The quantitative estimate of drug-likeness (QED) is 0.474. The van der Waals surface area contributed by atoms with Gasteiger partial charge >= 0.3 is 11.6 Å². The molecule has 2 aromatic heterocycles. The number of rotatable bonds is 7. The average molecular weight is 409 g/mol. The highest BCUT2D eigenvalue weighted by molar-refractivity contribution is 6.31. The minimum absolute atomic E-state index is 0.0872. The maximum atomic E-state index is 13.9. The fourth-order valence-corrected chi connectivity index (χ4v) is 2.66. The molecule has 0 bridgehead atoms. The Kier molecular flexibility index (Phi) is 5.54. The SMILES string of the molecule is COc1nn(CC(=O)Nc2ccn(Cc3c(F)cccc3Cl)n2)cc1[N+](=O)[O-]. The first-order valence-corrected chi connectivity index (χ1v) is 8.27. The number of halogens is 2. The third kappa shape index (κ3) is 4.26. The lowest BCUT2D eigenvalue weighted by Gasteiger charge is -2.06. The van der Waals surface area contributed by atoms with Crippen LogP contribution < -0.4 is 10.1 Å². The maximum absolute atomic E-state index is 13.9. The highest BCUT2D eigenvalue weighted by Crippen LogP contribution is 2.24. The molecule has 0 spiro atoms. The van der Waals surface area contributed by atoms with Crippen molar-refractivity contribution in [2.75, 3.05) is 12.4 Å². The van der Waals surface area contributed by atoms with Crippen LogP contribution in [0.5, 0.6) is 5.88 Å². The molecule has 0 aliphatic heterocycles. The van der Waals surface area contributed by atoms with Gasteiger partial charge in [0.15, 0.2) is 5.82 Å². The van der Waals surface area contributed by atoms with E-state index in [1.807, 2.05) is 0 Å². The zero-order chi connectivity index (χ0) is 20.3. The number of hydrogen-bond donors (Lipinski definition) is 1. The molecule has 0 radical (unpaired) electrons. The molecule has 0 saturated heterocycles. The summed E-state index contributed by atoms with van der Waals surface area (Å²) in [5, 5.41) is 21.7. The third-order valence-electron chi connectivity index (χ3n) is 3.70. The Morgan fingerprint density at radius 3 is 2.79 bits per heavy atom. The number of benzene rings is 1. The minimum atomic E-state index is -0.657. The number of nitrogens with one attached hydrogen (secondary N) is 1. The molecule has 1 amide bonds. The molecule has 146 valence electrons. The number of nitro groups is 1. The molecule has 0 fully saturated rings. The summed E-state index contributed by atoms with van der Waals surface area (Å²) < 4.78 is 21.2. The van der Waals surface area contributed by atoms with Crippen LogP contribution in [-0.4, -0.2) is 37.5 Å². The van der Waals surface area contributed by atoms with Crippen LogP contribution in [0.2, 0.25) is 5.02 Å². The first kappa shape index (κ1) is 19.3. The molecule has 0 unspecified atom stereocenters. The van der Waals surface area contributed by atoms with Crippen LogP contribution in [0.15, 0.2) is 36.7 Å². The lowest BCUT2D eigenvalue weighted by Crippen LogP contribution is -2.19. The molecule has 2 heterocycles. The van der Waals surface area contributed by atoms with Gasteiger partial charge in [-0.25, -0.2) is 4.39 Å². The van der Waals surface area contributed by atoms with Crippen molar-refractivity contribution in [3.8, 4) is 5.88 Å². The Labute approximate surface area is 162 Å². The van der Waals surface area contributed by atoms with Gasteiger partial charge in [-0.1, -0.05) is 17.7 Å². The largest absolute Gasteiger partial charge is 0.475 e. The standard InChI is InChI=1S/C16H14ClFN6O4/c1-28-16-13(24(26)27)8-23(21-16)9-15(25)19-14-5-6-22(20-14)7-10-11(17)3-2-4-12(10)18/h2-6,8H,7,9H2,1H3,(H,19,20,25). The summed E-state index contributed by atoms with van der Waals surface area (Å²) >= 11 is 5.99. The van der Waals surface area contributed by atoms with Gasteiger partial charge in [-0.15, -0.1) is 5.10 Å². The monoisotopic (exact) mass is 408 g/mol. The number of nitrogens with zero attached hydrogens (tertiary/aromatic N) is 5. The second-order valence-corrected chi connectivity index (χ2v) is 6.03. The lowest BCUT2D eigenvalue weighted by molar-refractivity contribution is -0.385. The van der Waals surface area contributed by atoms with E-state index in [1.165, 1.54) is 30.0 Å². The molecule has 12 heteroatoms. The van der Waals surface area contributed by atoms with Crippen molar-refractivity contribution in [3.63, 3.8) is 0 Å². The van der Waals surface area contributed by atoms with Crippen LogP contribution >= 0.6 is 11.6 Å². The first-order chi connectivity index (χ1) is 13.4. The minimum Gasteiger partial charge on any atom is -0.475 e. The molecule has 0 aliphatic carbocycles. The van der Waals surface area contributed by atoms with Crippen molar-refractivity contribution in [3.05, 3.63) is 63.2 Å². The van der Waals surface area contributed by atoms with E-state index in [-0.39, 0.29) is 41.1 Å². The third-order valence-corrected chi connectivity index (χ3v) is 4.05. The van der Waals surface area contributed by atoms with Gasteiger partial charge in [-0.05, 0) is 12.1 Å². The Bertz CT molecular complexity index is 1010. The van der Waals surface area contributed by atoms with Crippen LogP contribution in [0.3, 0.4) is 0 Å². The predicted octanol–water partition coefficient (Wildman–Crippen LogP) is 2.48. The van der Waals surface area contributed by atoms with E-state index in [0.717, 1.165) is 10.9 Å².